The molecule has 1 aromatic carbocycles. The molecule has 0 radical (unpaired) electrons. The van der Waals surface area contributed by atoms with Crippen LogP contribution in [0.3, 0.4) is 0 Å². The van der Waals surface area contributed by atoms with Gasteiger partial charge in [-0.3, -0.25) is 4.68 Å². The maximum atomic E-state index is 6.00. The fourth-order valence-corrected chi connectivity index (χ4v) is 3.75. The molecule has 106 valence electrons. The van der Waals surface area contributed by atoms with Crippen LogP contribution < -0.4 is 5.73 Å². The van der Waals surface area contributed by atoms with Gasteiger partial charge in [0.05, 0.1) is 11.7 Å². The summed E-state index contributed by atoms with van der Waals surface area (Å²) >= 11 is 7.69. The summed E-state index contributed by atoms with van der Waals surface area (Å²) in [7, 11) is 0. The van der Waals surface area contributed by atoms with Gasteiger partial charge in [-0.1, -0.05) is 24.4 Å². The number of aromatic nitrogens is 2. The molecule has 1 heterocycles. The largest absolute Gasteiger partial charge is 0.398 e. The van der Waals surface area contributed by atoms with E-state index in [1.807, 2.05) is 18.2 Å². The van der Waals surface area contributed by atoms with Gasteiger partial charge in [-0.05, 0) is 37.1 Å². The summed E-state index contributed by atoms with van der Waals surface area (Å²) < 4.78 is 2.13. The predicted octanol–water partition coefficient (Wildman–Crippen LogP) is 4.53. The summed E-state index contributed by atoms with van der Waals surface area (Å²) in [5.41, 5.74) is 7.82. The van der Waals surface area contributed by atoms with Crippen molar-refractivity contribution >= 4 is 29.1 Å². The van der Waals surface area contributed by atoms with Crippen LogP contribution in [0.25, 0.3) is 0 Å². The van der Waals surface area contributed by atoms with Gasteiger partial charge < -0.3 is 5.73 Å². The number of hydrogen-bond acceptors (Lipinski definition) is 3. The molecule has 2 N–H and O–H groups in total. The number of hydrogen-bond donors (Lipinski definition) is 1. The van der Waals surface area contributed by atoms with Crippen LogP contribution in [-0.2, 0) is 5.75 Å². The monoisotopic (exact) mass is 307 g/mol. The number of rotatable bonds is 4. The molecule has 0 bridgehead atoms. The highest BCUT2D eigenvalue weighted by Gasteiger charge is 2.17. The Labute approximate surface area is 128 Å². The van der Waals surface area contributed by atoms with Crippen LogP contribution in [0.15, 0.2) is 35.4 Å². The molecule has 1 fully saturated rings. The lowest BCUT2D eigenvalue weighted by molar-refractivity contribution is 0.464. The average molecular weight is 308 g/mol. The molecule has 0 spiro atoms. The van der Waals surface area contributed by atoms with E-state index in [4.69, 9.17) is 17.3 Å². The van der Waals surface area contributed by atoms with Crippen molar-refractivity contribution in [1.82, 2.24) is 9.78 Å². The number of halogens is 1. The highest BCUT2D eigenvalue weighted by molar-refractivity contribution is 7.98. The standard InChI is InChI=1S/C15H18ClN3S/c16-11-5-6-14(17)15(9-11)20-10-12-7-8-19(18-12)13-3-1-2-4-13/h5-9,13H,1-4,10,17H2. The van der Waals surface area contributed by atoms with E-state index >= 15 is 0 Å². The van der Waals surface area contributed by atoms with Crippen molar-refractivity contribution < 1.29 is 0 Å². The molecule has 1 aromatic heterocycles. The van der Waals surface area contributed by atoms with E-state index in [2.05, 4.69) is 22.0 Å². The summed E-state index contributed by atoms with van der Waals surface area (Å²) in [6, 6.07) is 8.28. The average Bonchev–Trinajstić information content (AvgIpc) is 3.09. The summed E-state index contributed by atoms with van der Waals surface area (Å²) in [6.45, 7) is 0. The molecule has 0 atom stereocenters. The number of nitrogens with two attached hydrogens (primary N) is 1. The first-order chi connectivity index (χ1) is 9.72. The minimum atomic E-state index is 0.602. The van der Waals surface area contributed by atoms with Crippen molar-refractivity contribution in [3.63, 3.8) is 0 Å². The zero-order valence-corrected chi connectivity index (χ0v) is 12.8. The molecule has 5 heteroatoms. The quantitative estimate of drug-likeness (QED) is 0.667. The zero-order chi connectivity index (χ0) is 13.9. The van der Waals surface area contributed by atoms with Crippen LogP contribution in [0.5, 0.6) is 0 Å². The molecule has 3 nitrogen and oxygen atoms in total. The Hall–Kier alpha value is -1.13. The molecule has 0 aliphatic heterocycles. The topological polar surface area (TPSA) is 43.8 Å². The Kier molecular flexibility index (Phi) is 4.22. The molecular weight excluding hydrogens is 290 g/mol. The van der Waals surface area contributed by atoms with E-state index in [1.165, 1.54) is 25.7 Å². The van der Waals surface area contributed by atoms with Gasteiger partial charge in [-0.15, -0.1) is 11.8 Å². The molecule has 0 amide bonds. The van der Waals surface area contributed by atoms with E-state index in [0.29, 0.717) is 6.04 Å². The van der Waals surface area contributed by atoms with E-state index in [1.54, 1.807) is 11.8 Å². The summed E-state index contributed by atoms with van der Waals surface area (Å²) in [6.07, 6.45) is 7.28. The third kappa shape index (κ3) is 3.13. The smallest absolute Gasteiger partial charge is 0.0727 e. The summed E-state index contributed by atoms with van der Waals surface area (Å²) in [5.74, 6) is 0.824. The van der Waals surface area contributed by atoms with Crippen molar-refractivity contribution in [2.75, 3.05) is 5.73 Å². The van der Waals surface area contributed by atoms with E-state index in [0.717, 1.165) is 27.1 Å². The summed E-state index contributed by atoms with van der Waals surface area (Å²) in [4.78, 5) is 1.02. The fraction of sp³-hybridized carbons (Fsp3) is 0.400. The first-order valence-corrected chi connectivity index (χ1v) is 8.30. The Balaban J connectivity index is 1.64. The molecule has 20 heavy (non-hydrogen) atoms. The number of thioether (sulfide) groups is 1. The number of anilines is 1. The SMILES string of the molecule is Nc1ccc(Cl)cc1SCc1ccn(C2CCCC2)n1. The molecule has 1 aliphatic carbocycles. The lowest BCUT2D eigenvalue weighted by atomic mass is 10.3. The summed E-state index contributed by atoms with van der Waals surface area (Å²) in [5, 5.41) is 5.40. The lowest BCUT2D eigenvalue weighted by Gasteiger charge is -2.09. The van der Waals surface area contributed by atoms with Crippen LogP contribution in [0.4, 0.5) is 5.69 Å². The highest BCUT2D eigenvalue weighted by Crippen LogP contribution is 2.32. The Morgan fingerprint density at radius 1 is 1.30 bits per heavy atom. The Morgan fingerprint density at radius 2 is 2.10 bits per heavy atom. The second-order valence-electron chi connectivity index (χ2n) is 5.20. The predicted molar refractivity (Wildman–Crippen MR) is 85.2 cm³/mol. The van der Waals surface area contributed by atoms with Gasteiger partial charge in [0.2, 0.25) is 0 Å². The van der Waals surface area contributed by atoms with Crippen LogP contribution in [0, 0.1) is 0 Å². The minimum absolute atomic E-state index is 0.602. The van der Waals surface area contributed by atoms with E-state index in [9.17, 15) is 0 Å². The minimum Gasteiger partial charge on any atom is -0.398 e. The maximum Gasteiger partial charge on any atom is 0.0727 e. The molecule has 1 saturated carbocycles. The molecule has 1 aliphatic rings. The van der Waals surface area contributed by atoms with Gasteiger partial charge >= 0.3 is 0 Å². The second-order valence-corrected chi connectivity index (χ2v) is 6.65. The zero-order valence-electron chi connectivity index (χ0n) is 11.3. The van der Waals surface area contributed by atoms with Crippen LogP contribution in [-0.4, -0.2) is 9.78 Å². The molecule has 0 unspecified atom stereocenters. The van der Waals surface area contributed by atoms with E-state index in [-0.39, 0.29) is 0 Å². The van der Waals surface area contributed by atoms with Gasteiger partial charge in [0.1, 0.15) is 0 Å². The Morgan fingerprint density at radius 3 is 2.90 bits per heavy atom. The molecule has 0 saturated heterocycles. The molecular formula is C15H18ClN3S. The van der Waals surface area contributed by atoms with Crippen LogP contribution >= 0.6 is 23.4 Å². The maximum absolute atomic E-state index is 6.00. The van der Waals surface area contributed by atoms with Gasteiger partial charge in [-0.2, -0.15) is 5.10 Å². The molecule has 2 aromatic rings. The van der Waals surface area contributed by atoms with Crippen molar-refractivity contribution in [3.05, 3.63) is 41.2 Å². The number of nitrogens with zero attached hydrogens (tertiary/aromatic N) is 2. The van der Waals surface area contributed by atoms with Gasteiger partial charge in [0.25, 0.3) is 0 Å². The normalized spacial score (nSPS) is 15.8. The number of benzene rings is 1. The molecule has 3 rings (SSSR count). The van der Waals surface area contributed by atoms with Crippen LogP contribution in [0.2, 0.25) is 5.02 Å². The third-order valence-electron chi connectivity index (χ3n) is 3.71. The van der Waals surface area contributed by atoms with Gasteiger partial charge in [0.15, 0.2) is 0 Å². The van der Waals surface area contributed by atoms with Crippen molar-refractivity contribution in [2.45, 2.75) is 42.4 Å². The first-order valence-electron chi connectivity index (χ1n) is 6.94. The Bertz CT molecular complexity index is 591. The van der Waals surface area contributed by atoms with Crippen molar-refractivity contribution in [3.8, 4) is 0 Å². The van der Waals surface area contributed by atoms with Crippen molar-refractivity contribution in [1.29, 1.82) is 0 Å². The number of nitrogen functional groups attached to an aromatic ring is 1. The van der Waals surface area contributed by atoms with Crippen molar-refractivity contribution in [2.24, 2.45) is 0 Å². The van der Waals surface area contributed by atoms with E-state index < -0.39 is 0 Å². The second kappa shape index (κ2) is 6.10. The highest BCUT2D eigenvalue weighted by atomic mass is 35.5. The van der Waals surface area contributed by atoms with Crippen LogP contribution in [0.1, 0.15) is 37.4 Å². The fourth-order valence-electron chi connectivity index (χ4n) is 2.61. The third-order valence-corrected chi connectivity index (χ3v) is 5.05. The van der Waals surface area contributed by atoms with Gasteiger partial charge in [0, 0.05) is 27.6 Å². The lowest BCUT2D eigenvalue weighted by Crippen LogP contribution is -2.05. The van der Waals surface area contributed by atoms with Gasteiger partial charge in [-0.25, -0.2) is 0 Å². The first kappa shape index (κ1) is 13.8.